The van der Waals surface area contributed by atoms with Gasteiger partial charge in [-0.25, -0.2) is 10.2 Å². The van der Waals surface area contributed by atoms with Crippen molar-refractivity contribution >= 4 is 50.0 Å². The SMILES string of the molecule is COc1ccc(Br)cc1C(=O)N/N=C\c1cc(Br)c(OC(=O)c2ccccc2)c(OC)c1. The molecule has 3 aromatic carbocycles. The van der Waals surface area contributed by atoms with Crippen LogP contribution >= 0.6 is 31.9 Å². The number of nitrogens with zero attached hydrogens (tertiary/aromatic N) is 1. The van der Waals surface area contributed by atoms with Gasteiger partial charge in [-0.05, 0) is 64.0 Å². The fourth-order valence-electron chi connectivity index (χ4n) is 2.72. The van der Waals surface area contributed by atoms with E-state index >= 15 is 0 Å². The molecule has 0 spiro atoms. The molecule has 0 aliphatic rings. The highest BCUT2D eigenvalue weighted by Crippen LogP contribution is 2.36. The molecule has 0 saturated carbocycles. The average Bonchev–Trinajstić information content (AvgIpc) is 2.80. The highest BCUT2D eigenvalue weighted by atomic mass is 79.9. The molecule has 9 heteroatoms. The average molecular weight is 562 g/mol. The summed E-state index contributed by atoms with van der Waals surface area (Å²) in [5.74, 6) is 0.0430. The molecule has 0 aliphatic heterocycles. The number of ether oxygens (including phenoxy) is 3. The molecule has 0 radical (unpaired) electrons. The molecule has 0 atom stereocenters. The Morgan fingerprint density at radius 1 is 0.938 bits per heavy atom. The second-order valence-electron chi connectivity index (χ2n) is 6.33. The van der Waals surface area contributed by atoms with Crippen molar-refractivity contribution < 1.29 is 23.8 Å². The molecule has 3 aromatic rings. The van der Waals surface area contributed by atoms with Crippen LogP contribution in [0.3, 0.4) is 0 Å². The molecule has 3 rings (SSSR count). The minimum atomic E-state index is -0.513. The van der Waals surface area contributed by atoms with Crippen LogP contribution in [0, 0.1) is 0 Å². The quantitative estimate of drug-likeness (QED) is 0.185. The van der Waals surface area contributed by atoms with Crippen LogP contribution < -0.4 is 19.6 Å². The summed E-state index contributed by atoms with van der Waals surface area (Å²) in [5.41, 5.74) is 3.82. The van der Waals surface area contributed by atoms with E-state index in [9.17, 15) is 9.59 Å². The second kappa shape index (κ2) is 10.9. The highest BCUT2D eigenvalue weighted by Gasteiger charge is 2.17. The van der Waals surface area contributed by atoms with Gasteiger partial charge in [0.2, 0.25) is 0 Å². The maximum absolute atomic E-state index is 12.4. The van der Waals surface area contributed by atoms with Crippen molar-refractivity contribution in [2.45, 2.75) is 0 Å². The Morgan fingerprint density at radius 2 is 1.66 bits per heavy atom. The number of rotatable bonds is 7. The number of nitrogens with one attached hydrogen (secondary N) is 1. The molecule has 0 saturated heterocycles. The summed E-state index contributed by atoms with van der Waals surface area (Å²) in [6.07, 6.45) is 1.44. The lowest BCUT2D eigenvalue weighted by Crippen LogP contribution is -2.18. The Labute approximate surface area is 201 Å². The topological polar surface area (TPSA) is 86.2 Å². The van der Waals surface area contributed by atoms with Gasteiger partial charge in [-0.1, -0.05) is 34.1 Å². The summed E-state index contributed by atoms with van der Waals surface area (Å²) in [6, 6.07) is 17.0. The number of esters is 1. The Hall–Kier alpha value is -3.17. The molecule has 0 aliphatic carbocycles. The van der Waals surface area contributed by atoms with Crippen molar-refractivity contribution in [2.75, 3.05) is 14.2 Å². The van der Waals surface area contributed by atoms with E-state index in [1.807, 2.05) is 6.07 Å². The summed E-state index contributed by atoms with van der Waals surface area (Å²) < 4.78 is 17.3. The monoisotopic (exact) mass is 560 g/mol. The molecular formula is C23H18Br2N2O5. The third-order valence-electron chi connectivity index (χ3n) is 4.24. The van der Waals surface area contributed by atoms with Crippen molar-refractivity contribution in [3.8, 4) is 17.2 Å². The van der Waals surface area contributed by atoms with Gasteiger partial charge < -0.3 is 14.2 Å². The zero-order valence-electron chi connectivity index (χ0n) is 17.1. The first-order valence-corrected chi connectivity index (χ1v) is 10.8. The van der Waals surface area contributed by atoms with Crippen LogP contribution in [0.25, 0.3) is 0 Å². The largest absolute Gasteiger partial charge is 0.496 e. The lowest BCUT2D eigenvalue weighted by molar-refractivity contribution is 0.0728. The van der Waals surface area contributed by atoms with Crippen molar-refractivity contribution in [1.29, 1.82) is 0 Å². The van der Waals surface area contributed by atoms with Gasteiger partial charge in [0.05, 0.1) is 36.0 Å². The predicted octanol–water partition coefficient (Wildman–Crippen LogP) is 5.21. The third kappa shape index (κ3) is 5.74. The van der Waals surface area contributed by atoms with E-state index in [2.05, 4.69) is 42.4 Å². The minimum Gasteiger partial charge on any atom is -0.496 e. The predicted molar refractivity (Wildman–Crippen MR) is 128 cm³/mol. The minimum absolute atomic E-state index is 0.237. The summed E-state index contributed by atoms with van der Waals surface area (Å²) in [5, 5.41) is 4.00. The maximum Gasteiger partial charge on any atom is 0.343 e. The Kier molecular flexibility index (Phi) is 8.02. The molecule has 1 amide bonds. The van der Waals surface area contributed by atoms with Gasteiger partial charge in [0.1, 0.15) is 5.75 Å². The lowest BCUT2D eigenvalue weighted by Gasteiger charge is -2.12. The molecule has 32 heavy (non-hydrogen) atoms. The van der Waals surface area contributed by atoms with Crippen LogP contribution in [0.2, 0.25) is 0 Å². The van der Waals surface area contributed by atoms with Gasteiger partial charge in [0.15, 0.2) is 11.5 Å². The van der Waals surface area contributed by atoms with Gasteiger partial charge in [-0.2, -0.15) is 5.10 Å². The highest BCUT2D eigenvalue weighted by molar-refractivity contribution is 9.10. The number of hydrogen-bond acceptors (Lipinski definition) is 6. The normalized spacial score (nSPS) is 10.6. The second-order valence-corrected chi connectivity index (χ2v) is 8.10. The number of hydrazone groups is 1. The molecule has 1 N–H and O–H groups in total. The molecule has 7 nitrogen and oxygen atoms in total. The van der Waals surface area contributed by atoms with Crippen molar-refractivity contribution in [3.05, 3.63) is 86.3 Å². The summed E-state index contributed by atoms with van der Waals surface area (Å²) >= 11 is 6.73. The van der Waals surface area contributed by atoms with E-state index < -0.39 is 11.9 Å². The zero-order chi connectivity index (χ0) is 23.1. The van der Waals surface area contributed by atoms with Gasteiger partial charge in [0.25, 0.3) is 5.91 Å². The van der Waals surface area contributed by atoms with E-state index in [-0.39, 0.29) is 5.75 Å². The first-order chi connectivity index (χ1) is 15.4. The Morgan fingerprint density at radius 3 is 2.34 bits per heavy atom. The number of halogens is 2. The van der Waals surface area contributed by atoms with Gasteiger partial charge >= 0.3 is 5.97 Å². The fraction of sp³-hybridized carbons (Fsp3) is 0.0870. The molecule has 164 valence electrons. The van der Waals surface area contributed by atoms with Crippen LogP contribution in [0.4, 0.5) is 0 Å². The number of methoxy groups -OCH3 is 2. The van der Waals surface area contributed by atoms with Gasteiger partial charge in [-0.3, -0.25) is 4.79 Å². The fourth-order valence-corrected chi connectivity index (χ4v) is 3.62. The van der Waals surface area contributed by atoms with Gasteiger partial charge in [-0.15, -0.1) is 0 Å². The van der Waals surface area contributed by atoms with Crippen molar-refractivity contribution in [1.82, 2.24) is 5.43 Å². The number of carbonyl (C=O) groups excluding carboxylic acids is 2. The van der Waals surface area contributed by atoms with E-state index in [1.165, 1.54) is 20.4 Å². The van der Waals surface area contributed by atoms with E-state index in [0.29, 0.717) is 32.7 Å². The Bertz CT molecular complexity index is 1170. The van der Waals surface area contributed by atoms with Gasteiger partial charge in [0, 0.05) is 4.47 Å². The molecule has 0 fully saturated rings. The third-order valence-corrected chi connectivity index (χ3v) is 5.32. The summed E-state index contributed by atoms with van der Waals surface area (Å²) in [7, 11) is 2.95. The van der Waals surface area contributed by atoms with Crippen LogP contribution in [0.15, 0.2) is 74.7 Å². The van der Waals surface area contributed by atoms with E-state index in [0.717, 1.165) is 4.47 Å². The van der Waals surface area contributed by atoms with Crippen LogP contribution in [0.5, 0.6) is 17.2 Å². The molecule has 0 aromatic heterocycles. The first-order valence-electron chi connectivity index (χ1n) is 9.24. The summed E-state index contributed by atoms with van der Waals surface area (Å²) in [6.45, 7) is 0. The number of carbonyl (C=O) groups is 2. The molecule has 0 bridgehead atoms. The molecule has 0 heterocycles. The first kappa shape index (κ1) is 23.5. The maximum atomic E-state index is 12.4. The van der Waals surface area contributed by atoms with E-state index in [1.54, 1.807) is 54.6 Å². The zero-order valence-corrected chi connectivity index (χ0v) is 20.3. The lowest BCUT2D eigenvalue weighted by atomic mass is 10.2. The van der Waals surface area contributed by atoms with Crippen LogP contribution in [0.1, 0.15) is 26.3 Å². The van der Waals surface area contributed by atoms with Crippen LogP contribution in [-0.4, -0.2) is 32.3 Å². The van der Waals surface area contributed by atoms with Crippen LogP contribution in [-0.2, 0) is 0 Å². The van der Waals surface area contributed by atoms with Crippen molar-refractivity contribution in [2.24, 2.45) is 5.10 Å². The summed E-state index contributed by atoms with van der Waals surface area (Å²) in [4.78, 5) is 24.8. The number of benzene rings is 3. The van der Waals surface area contributed by atoms with E-state index in [4.69, 9.17) is 14.2 Å². The number of amides is 1. The molecular weight excluding hydrogens is 544 g/mol. The Balaban J connectivity index is 1.76. The smallest absolute Gasteiger partial charge is 0.343 e. The molecule has 0 unspecified atom stereocenters. The van der Waals surface area contributed by atoms with Crippen molar-refractivity contribution in [3.63, 3.8) is 0 Å². The standard InChI is InChI=1S/C23H18Br2N2O5/c1-30-19-9-8-16(24)12-17(19)22(28)27-26-13-14-10-18(25)21(20(11-14)31-2)32-23(29)15-6-4-3-5-7-15/h3-13H,1-2H3,(H,27,28)/b26-13-. The number of hydrogen-bond donors (Lipinski definition) is 1.